The third kappa shape index (κ3) is 9.93. The third-order valence-corrected chi connectivity index (χ3v) is 6.21. The summed E-state index contributed by atoms with van der Waals surface area (Å²) in [6, 6.07) is 8.62. The van der Waals surface area contributed by atoms with Crippen LogP contribution in [0.25, 0.3) is 6.08 Å². The van der Waals surface area contributed by atoms with Crippen LogP contribution in [-0.2, 0) is 31.9 Å². The Morgan fingerprint density at radius 3 is 1.69 bits per heavy atom. The first kappa shape index (κ1) is 34.4. The van der Waals surface area contributed by atoms with Crippen LogP contribution in [0.5, 0.6) is 17.2 Å². The lowest BCUT2D eigenvalue weighted by molar-refractivity contribution is -0.160. The Hall–Kier alpha value is -3.81. The minimum absolute atomic E-state index is 0.217. The number of benzene rings is 2. The molecule has 0 fully saturated rings. The fourth-order valence-electron chi connectivity index (χ4n) is 3.71. The number of ketones is 1. The van der Waals surface area contributed by atoms with Crippen molar-refractivity contribution in [1.29, 1.82) is 0 Å². The number of rotatable bonds is 14. The number of carbonyl (C=O) groups excluding carboxylic acids is 3. The second-order valence-corrected chi connectivity index (χ2v) is 11.9. The van der Waals surface area contributed by atoms with Gasteiger partial charge in [-0.05, 0) is 114 Å². The lowest BCUT2D eigenvalue weighted by Gasteiger charge is -2.21. The molecule has 0 radical (unpaired) electrons. The van der Waals surface area contributed by atoms with Crippen LogP contribution in [0.1, 0.15) is 95.8 Å². The standard InChI is InChI=1S/C34H46O8/c1-10-19-38-29-23(11-2)20-24(12-3)30(40-22-42-32(37)34(7,8)9)27(29)17-18-28(35)25-13-15-26(16-14-25)39-21-41-31(36)33(4,5)6/h13-18,20H,10-12,19,21-22H2,1-9H3/b18-17+. The van der Waals surface area contributed by atoms with Gasteiger partial charge in [-0.3, -0.25) is 14.4 Å². The molecule has 0 saturated carbocycles. The van der Waals surface area contributed by atoms with Crippen LogP contribution in [0.3, 0.4) is 0 Å². The van der Waals surface area contributed by atoms with E-state index in [9.17, 15) is 14.4 Å². The zero-order chi connectivity index (χ0) is 31.5. The zero-order valence-electron chi connectivity index (χ0n) is 26.6. The van der Waals surface area contributed by atoms with Gasteiger partial charge in [0.15, 0.2) is 5.78 Å². The molecule has 2 rings (SSSR count). The van der Waals surface area contributed by atoms with Gasteiger partial charge in [0, 0.05) is 5.56 Å². The number of hydrogen-bond donors (Lipinski definition) is 0. The number of esters is 2. The van der Waals surface area contributed by atoms with Crippen LogP contribution >= 0.6 is 0 Å². The molecular weight excluding hydrogens is 536 g/mol. The molecule has 0 aliphatic rings. The Balaban J connectivity index is 2.32. The largest absolute Gasteiger partial charge is 0.493 e. The van der Waals surface area contributed by atoms with Gasteiger partial charge in [0.2, 0.25) is 13.6 Å². The zero-order valence-corrected chi connectivity index (χ0v) is 26.6. The summed E-state index contributed by atoms with van der Waals surface area (Å²) in [7, 11) is 0. The average Bonchev–Trinajstić information content (AvgIpc) is 2.94. The highest BCUT2D eigenvalue weighted by Gasteiger charge is 2.25. The van der Waals surface area contributed by atoms with Crippen molar-refractivity contribution >= 4 is 23.8 Å². The molecule has 0 spiro atoms. The van der Waals surface area contributed by atoms with E-state index in [0.717, 1.165) is 24.0 Å². The van der Waals surface area contributed by atoms with Gasteiger partial charge in [-0.15, -0.1) is 0 Å². The van der Waals surface area contributed by atoms with Crippen LogP contribution < -0.4 is 14.2 Å². The van der Waals surface area contributed by atoms with Crippen molar-refractivity contribution < 1.29 is 38.1 Å². The van der Waals surface area contributed by atoms with E-state index in [1.165, 1.54) is 6.08 Å². The van der Waals surface area contributed by atoms with E-state index in [2.05, 4.69) is 0 Å². The molecule has 0 aromatic heterocycles. The molecule has 0 amide bonds. The summed E-state index contributed by atoms with van der Waals surface area (Å²) in [5.74, 6) is 0.658. The Bertz CT molecular complexity index is 1240. The highest BCUT2D eigenvalue weighted by Crippen LogP contribution is 2.38. The van der Waals surface area contributed by atoms with Gasteiger partial charge >= 0.3 is 11.9 Å². The molecule has 8 nitrogen and oxygen atoms in total. The maximum absolute atomic E-state index is 13.2. The summed E-state index contributed by atoms with van der Waals surface area (Å²) < 4.78 is 28.2. The van der Waals surface area contributed by atoms with E-state index in [0.29, 0.717) is 41.4 Å². The first-order chi connectivity index (χ1) is 19.7. The molecule has 0 saturated heterocycles. The number of aryl methyl sites for hydroxylation is 2. The lowest BCUT2D eigenvalue weighted by Crippen LogP contribution is -2.25. The van der Waals surface area contributed by atoms with Crippen molar-refractivity contribution in [3.05, 3.63) is 58.7 Å². The van der Waals surface area contributed by atoms with E-state index in [-0.39, 0.29) is 31.3 Å². The van der Waals surface area contributed by atoms with E-state index in [1.807, 2.05) is 26.8 Å². The fraction of sp³-hybridized carbons (Fsp3) is 0.500. The van der Waals surface area contributed by atoms with Crippen molar-refractivity contribution in [3.8, 4) is 17.2 Å². The van der Waals surface area contributed by atoms with Crippen molar-refractivity contribution in [2.24, 2.45) is 10.8 Å². The minimum atomic E-state index is -0.662. The highest BCUT2D eigenvalue weighted by atomic mass is 16.7. The molecular formula is C34H46O8. The molecule has 230 valence electrons. The molecule has 0 aliphatic heterocycles. The molecule has 0 unspecified atom stereocenters. The summed E-state index contributed by atoms with van der Waals surface area (Å²) in [5, 5.41) is 0. The molecule has 0 aliphatic carbocycles. The number of allylic oxidation sites excluding steroid dienone is 1. The normalized spacial score (nSPS) is 11.7. The van der Waals surface area contributed by atoms with Crippen molar-refractivity contribution in [2.75, 3.05) is 20.2 Å². The van der Waals surface area contributed by atoms with Gasteiger partial charge < -0.3 is 23.7 Å². The molecule has 0 bridgehead atoms. The van der Waals surface area contributed by atoms with Crippen LogP contribution in [0.4, 0.5) is 0 Å². The molecule has 2 aromatic rings. The Labute approximate surface area is 250 Å². The predicted molar refractivity (Wildman–Crippen MR) is 163 cm³/mol. The highest BCUT2D eigenvalue weighted by molar-refractivity contribution is 6.07. The maximum Gasteiger partial charge on any atom is 0.314 e. The predicted octanol–water partition coefficient (Wildman–Crippen LogP) is 7.35. The number of ether oxygens (including phenoxy) is 5. The number of carbonyl (C=O) groups is 3. The second-order valence-electron chi connectivity index (χ2n) is 11.9. The molecule has 0 atom stereocenters. The van der Waals surface area contributed by atoms with Gasteiger partial charge in [0.05, 0.1) is 23.0 Å². The molecule has 0 N–H and O–H groups in total. The van der Waals surface area contributed by atoms with Gasteiger partial charge in [0.25, 0.3) is 0 Å². The minimum Gasteiger partial charge on any atom is -0.493 e. The first-order valence-electron chi connectivity index (χ1n) is 14.5. The van der Waals surface area contributed by atoms with E-state index in [4.69, 9.17) is 23.7 Å². The van der Waals surface area contributed by atoms with Crippen LogP contribution in [-0.4, -0.2) is 37.9 Å². The summed E-state index contributed by atoms with van der Waals surface area (Å²) in [4.78, 5) is 37.4. The fourth-order valence-corrected chi connectivity index (χ4v) is 3.71. The van der Waals surface area contributed by atoms with E-state index < -0.39 is 10.8 Å². The molecule has 0 heterocycles. The second kappa shape index (κ2) is 15.4. The summed E-state index contributed by atoms with van der Waals surface area (Å²) >= 11 is 0. The SMILES string of the molecule is CCCOc1c(CC)cc(CC)c(OCOC(=O)C(C)(C)C)c1/C=C/C(=O)c1ccc(OCOC(=O)C(C)(C)C)cc1. The third-order valence-electron chi connectivity index (χ3n) is 6.21. The Morgan fingerprint density at radius 2 is 1.21 bits per heavy atom. The van der Waals surface area contributed by atoms with E-state index in [1.54, 1.807) is 71.9 Å². The van der Waals surface area contributed by atoms with Crippen LogP contribution in [0.15, 0.2) is 36.4 Å². The topological polar surface area (TPSA) is 97.4 Å². The Morgan fingerprint density at radius 1 is 0.714 bits per heavy atom. The van der Waals surface area contributed by atoms with Gasteiger partial charge in [-0.2, -0.15) is 0 Å². The molecule has 42 heavy (non-hydrogen) atoms. The van der Waals surface area contributed by atoms with Gasteiger partial charge in [-0.25, -0.2) is 0 Å². The molecule has 2 aromatic carbocycles. The van der Waals surface area contributed by atoms with Crippen molar-refractivity contribution in [2.45, 2.75) is 81.6 Å². The van der Waals surface area contributed by atoms with Crippen molar-refractivity contribution in [1.82, 2.24) is 0 Å². The van der Waals surface area contributed by atoms with Gasteiger partial charge in [0.1, 0.15) is 17.2 Å². The van der Waals surface area contributed by atoms with Crippen molar-refractivity contribution in [3.63, 3.8) is 0 Å². The summed E-state index contributed by atoms with van der Waals surface area (Å²) in [6.07, 6.45) is 5.38. The van der Waals surface area contributed by atoms with Crippen LogP contribution in [0, 0.1) is 10.8 Å². The van der Waals surface area contributed by atoms with Gasteiger partial charge in [-0.1, -0.05) is 20.8 Å². The summed E-state index contributed by atoms with van der Waals surface area (Å²) in [6.45, 7) is 16.7. The maximum atomic E-state index is 13.2. The monoisotopic (exact) mass is 582 g/mol. The Kier molecular flexibility index (Phi) is 12.6. The number of hydrogen-bond acceptors (Lipinski definition) is 8. The smallest absolute Gasteiger partial charge is 0.314 e. The average molecular weight is 583 g/mol. The lowest BCUT2D eigenvalue weighted by atomic mass is 9.97. The first-order valence-corrected chi connectivity index (χ1v) is 14.5. The quantitative estimate of drug-likeness (QED) is 0.0987. The summed E-state index contributed by atoms with van der Waals surface area (Å²) in [5.41, 5.74) is 1.71. The molecule has 8 heteroatoms. The van der Waals surface area contributed by atoms with Crippen LogP contribution in [0.2, 0.25) is 0 Å². The van der Waals surface area contributed by atoms with E-state index >= 15 is 0 Å².